The summed E-state index contributed by atoms with van der Waals surface area (Å²) in [7, 11) is 0. The van der Waals surface area contributed by atoms with Crippen molar-refractivity contribution in [1.29, 1.82) is 0 Å². The molecule has 0 bridgehead atoms. The van der Waals surface area contributed by atoms with Gasteiger partial charge in [0.25, 0.3) is 0 Å². The van der Waals surface area contributed by atoms with E-state index in [0.717, 1.165) is 24.2 Å². The summed E-state index contributed by atoms with van der Waals surface area (Å²) in [5.41, 5.74) is 2.45. The standard InChI is InChI=1S/C13H18BrNO/c1-10-4-5-12(7-13(10)14)15-8-11-3-2-6-16-9-11/h4-5,7,11,15H,2-3,6,8-9H2,1H3. The van der Waals surface area contributed by atoms with Gasteiger partial charge in [0.05, 0.1) is 6.61 Å². The van der Waals surface area contributed by atoms with Crippen LogP contribution < -0.4 is 5.32 Å². The number of ether oxygens (including phenoxy) is 1. The maximum Gasteiger partial charge on any atom is 0.0511 e. The first-order valence-electron chi connectivity index (χ1n) is 5.83. The third-order valence-corrected chi connectivity index (χ3v) is 3.88. The Bertz CT molecular complexity index is 348. The van der Waals surface area contributed by atoms with Gasteiger partial charge >= 0.3 is 0 Å². The van der Waals surface area contributed by atoms with Crippen LogP contribution >= 0.6 is 15.9 Å². The molecule has 1 aliphatic heterocycles. The molecule has 1 unspecified atom stereocenters. The Balaban J connectivity index is 1.86. The Morgan fingerprint density at radius 2 is 2.38 bits per heavy atom. The van der Waals surface area contributed by atoms with E-state index in [4.69, 9.17) is 4.74 Å². The summed E-state index contributed by atoms with van der Waals surface area (Å²) in [6.07, 6.45) is 2.48. The van der Waals surface area contributed by atoms with Crippen LogP contribution in [0.1, 0.15) is 18.4 Å². The molecule has 2 rings (SSSR count). The summed E-state index contributed by atoms with van der Waals surface area (Å²) in [5, 5.41) is 3.47. The van der Waals surface area contributed by atoms with E-state index in [9.17, 15) is 0 Å². The molecule has 1 aromatic carbocycles. The molecule has 0 saturated carbocycles. The van der Waals surface area contributed by atoms with Gasteiger partial charge in [-0.2, -0.15) is 0 Å². The number of halogens is 1. The first-order chi connectivity index (χ1) is 7.75. The van der Waals surface area contributed by atoms with Crippen molar-refractivity contribution in [2.24, 2.45) is 5.92 Å². The Morgan fingerprint density at radius 1 is 1.50 bits per heavy atom. The highest BCUT2D eigenvalue weighted by molar-refractivity contribution is 9.10. The first kappa shape index (κ1) is 11.9. The van der Waals surface area contributed by atoms with Gasteiger partial charge in [-0.15, -0.1) is 0 Å². The number of aryl methyl sites for hydroxylation is 1. The molecular formula is C13H18BrNO. The zero-order valence-electron chi connectivity index (χ0n) is 9.63. The van der Waals surface area contributed by atoms with Crippen LogP contribution in [0.15, 0.2) is 22.7 Å². The number of nitrogens with one attached hydrogen (secondary N) is 1. The SMILES string of the molecule is Cc1ccc(NCC2CCCOC2)cc1Br. The third-order valence-electron chi connectivity index (χ3n) is 3.02. The maximum atomic E-state index is 5.46. The molecule has 0 radical (unpaired) electrons. The first-order valence-corrected chi connectivity index (χ1v) is 6.63. The number of hydrogen-bond donors (Lipinski definition) is 1. The summed E-state index contributed by atoms with van der Waals surface area (Å²) >= 11 is 3.55. The lowest BCUT2D eigenvalue weighted by Crippen LogP contribution is -2.24. The van der Waals surface area contributed by atoms with Gasteiger partial charge in [0.1, 0.15) is 0 Å². The Morgan fingerprint density at radius 3 is 3.06 bits per heavy atom. The van der Waals surface area contributed by atoms with Gasteiger partial charge in [0, 0.05) is 23.3 Å². The monoisotopic (exact) mass is 283 g/mol. The predicted molar refractivity (Wildman–Crippen MR) is 70.9 cm³/mol. The van der Waals surface area contributed by atoms with Crippen LogP contribution in [0.3, 0.4) is 0 Å². The topological polar surface area (TPSA) is 21.3 Å². The van der Waals surface area contributed by atoms with Crippen molar-refractivity contribution in [2.45, 2.75) is 19.8 Å². The molecule has 0 spiro atoms. The van der Waals surface area contributed by atoms with Crippen molar-refractivity contribution < 1.29 is 4.74 Å². The Hall–Kier alpha value is -0.540. The molecule has 0 amide bonds. The van der Waals surface area contributed by atoms with Crippen molar-refractivity contribution >= 4 is 21.6 Å². The quantitative estimate of drug-likeness (QED) is 0.915. The molecule has 88 valence electrons. The van der Waals surface area contributed by atoms with E-state index < -0.39 is 0 Å². The van der Waals surface area contributed by atoms with Crippen LogP contribution in [-0.2, 0) is 4.74 Å². The number of rotatable bonds is 3. The largest absolute Gasteiger partial charge is 0.385 e. The Kier molecular flexibility index (Phi) is 4.24. The molecule has 1 aromatic rings. The molecule has 1 heterocycles. The molecule has 1 atom stereocenters. The van der Waals surface area contributed by atoms with E-state index in [1.54, 1.807) is 0 Å². The van der Waals surface area contributed by atoms with Crippen LogP contribution in [0.5, 0.6) is 0 Å². The van der Waals surface area contributed by atoms with Gasteiger partial charge in [-0.3, -0.25) is 0 Å². The maximum absolute atomic E-state index is 5.46. The molecule has 16 heavy (non-hydrogen) atoms. The third kappa shape index (κ3) is 3.22. The molecular weight excluding hydrogens is 266 g/mol. The van der Waals surface area contributed by atoms with Crippen LogP contribution in [0.2, 0.25) is 0 Å². The highest BCUT2D eigenvalue weighted by Gasteiger charge is 2.13. The molecule has 0 aromatic heterocycles. The van der Waals surface area contributed by atoms with Gasteiger partial charge in [-0.25, -0.2) is 0 Å². The second-order valence-corrected chi connectivity index (χ2v) is 5.28. The average molecular weight is 284 g/mol. The van der Waals surface area contributed by atoms with Gasteiger partial charge in [0.15, 0.2) is 0 Å². The lowest BCUT2D eigenvalue weighted by Gasteiger charge is -2.22. The van der Waals surface area contributed by atoms with Crippen LogP contribution in [0.4, 0.5) is 5.69 Å². The highest BCUT2D eigenvalue weighted by Crippen LogP contribution is 2.21. The zero-order chi connectivity index (χ0) is 11.4. The fourth-order valence-electron chi connectivity index (χ4n) is 1.93. The van der Waals surface area contributed by atoms with E-state index >= 15 is 0 Å². The fourth-order valence-corrected chi connectivity index (χ4v) is 2.31. The van der Waals surface area contributed by atoms with E-state index in [2.05, 4.69) is 46.4 Å². The van der Waals surface area contributed by atoms with Crippen molar-refractivity contribution in [2.75, 3.05) is 25.1 Å². The van der Waals surface area contributed by atoms with Crippen molar-refractivity contribution in [3.63, 3.8) is 0 Å². The van der Waals surface area contributed by atoms with E-state index in [1.165, 1.54) is 24.1 Å². The Labute approximate surface area is 106 Å². The molecule has 1 fully saturated rings. The fraction of sp³-hybridized carbons (Fsp3) is 0.538. The molecule has 1 saturated heterocycles. The predicted octanol–water partition coefficient (Wildman–Crippen LogP) is 3.60. The molecule has 2 nitrogen and oxygen atoms in total. The minimum atomic E-state index is 0.661. The van der Waals surface area contributed by atoms with E-state index in [-0.39, 0.29) is 0 Å². The van der Waals surface area contributed by atoms with Crippen molar-refractivity contribution in [3.8, 4) is 0 Å². The van der Waals surface area contributed by atoms with Gasteiger partial charge in [0.2, 0.25) is 0 Å². The minimum Gasteiger partial charge on any atom is -0.385 e. The van der Waals surface area contributed by atoms with Gasteiger partial charge in [-0.1, -0.05) is 22.0 Å². The van der Waals surface area contributed by atoms with Crippen LogP contribution in [0.25, 0.3) is 0 Å². The van der Waals surface area contributed by atoms with Crippen LogP contribution in [0, 0.1) is 12.8 Å². The molecule has 1 aliphatic rings. The summed E-state index contributed by atoms with van der Waals surface area (Å²) in [5.74, 6) is 0.661. The van der Waals surface area contributed by atoms with Crippen molar-refractivity contribution in [3.05, 3.63) is 28.2 Å². The summed E-state index contributed by atoms with van der Waals surface area (Å²) in [4.78, 5) is 0. The summed E-state index contributed by atoms with van der Waals surface area (Å²) in [6, 6.07) is 6.40. The number of hydrogen-bond acceptors (Lipinski definition) is 2. The normalized spacial score (nSPS) is 20.8. The second-order valence-electron chi connectivity index (χ2n) is 4.43. The highest BCUT2D eigenvalue weighted by atomic mass is 79.9. The average Bonchev–Trinajstić information content (AvgIpc) is 2.32. The molecule has 0 aliphatic carbocycles. The molecule has 3 heteroatoms. The number of anilines is 1. The second kappa shape index (κ2) is 5.69. The van der Waals surface area contributed by atoms with E-state index in [1.807, 2.05) is 0 Å². The summed E-state index contributed by atoms with van der Waals surface area (Å²) in [6.45, 7) is 4.95. The summed E-state index contributed by atoms with van der Waals surface area (Å²) < 4.78 is 6.63. The van der Waals surface area contributed by atoms with E-state index in [0.29, 0.717) is 5.92 Å². The van der Waals surface area contributed by atoms with Crippen molar-refractivity contribution in [1.82, 2.24) is 0 Å². The number of benzene rings is 1. The lowest BCUT2D eigenvalue weighted by molar-refractivity contribution is 0.0595. The lowest BCUT2D eigenvalue weighted by atomic mass is 10.0. The molecule has 1 N–H and O–H groups in total. The zero-order valence-corrected chi connectivity index (χ0v) is 11.2. The van der Waals surface area contributed by atoms with Gasteiger partial charge < -0.3 is 10.1 Å². The smallest absolute Gasteiger partial charge is 0.0511 e. The van der Waals surface area contributed by atoms with Gasteiger partial charge in [-0.05, 0) is 43.4 Å². The van der Waals surface area contributed by atoms with Crippen LogP contribution in [-0.4, -0.2) is 19.8 Å². The minimum absolute atomic E-state index is 0.661.